The van der Waals surface area contributed by atoms with E-state index in [9.17, 15) is 4.79 Å². The Bertz CT molecular complexity index is 596. The molecule has 1 aromatic carbocycles. The van der Waals surface area contributed by atoms with Gasteiger partial charge in [0.1, 0.15) is 0 Å². The van der Waals surface area contributed by atoms with Gasteiger partial charge in [-0.1, -0.05) is 31.2 Å². The van der Waals surface area contributed by atoms with Crippen molar-refractivity contribution in [1.82, 2.24) is 10.3 Å². The summed E-state index contributed by atoms with van der Waals surface area (Å²) in [5.41, 5.74) is 9.29. The van der Waals surface area contributed by atoms with Gasteiger partial charge in [-0.05, 0) is 36.6 Å². The minimum Gasteiger partial charge on any atom is -0.397 e. The summed E-state index contributed by atoms with van der Waals surface area (Å²) in [4.78, 5) is 16.2. The molecule has 0 radical (unpaired) electrons. The number of carbonyl (C=O) groups excluding carboxylic acids is 1. The zero-order valence-corrected chi connectivity index (χ0v) is 13.7. The topological polar surface area (TPSA) is 68.0 Å². The highest BCUT2D eigenvalue weighted by molar-refractivity contribution is 5.85. The molecule has 2 rings (SSSR count). The van der Waals surface area contributed by atoms with E-state index in [-0.39, 0.29) is 30.8 Å². The van der Waals surface area contributed by atoms with E-state index in [4.69, 9.17) is 5.73 Å². The smallest absolute Gasteiger partial charge is 0.226 e. The van der Waals surface area contributed by atoms with E-state index in [1.54, 1.807) is 18.3 Å². The largest absolute Gasteiger partial charge is 0.397 e. The second-order valence-corrected chi connectivity index (χ2v) is 5.14. The van der Waals surface area contributed by atoms with Crippen LogP contribution in [-0.2, 0) is 17.6 Å². The van der Waals surface area contributed by atoms with Crippen molar-refractivity contribution in [3.05, 3.63) is 59.4 Å². The number of hydrogen-bond acceptors (Lipinski definition) is 3. The van der Waals surface area contributed by atoms with Crippen LogP contribution in [0.15, 0.2) is 42.6 Å². The zero-order chi connectivity index (χ0) is 15.2. The van der Waals surface area contributed by atoms with Crippen LogP contribution in [0.25, 0.3) is 0 Å². The number of carbonyl (C=O) groups is 1. The van der Waals surface area contributed by atoms with Gasteiger partial charge in [0, 0.05) is 5.69 Å². The summed E-state index contributed by atoms with van der Waals surface area (Å²) in [6, 6.07) is 11.8. The number of aromatic nitrogens is 1. The lowest BCUT2D eigenvalue weighted by Gasteiger charge is -2.14. The molecule has 0 aliphatic heterocycles. The first-order valence-corrected chi connectivity index (χ1v) is 7.17. The first-order chi connectivity index (χ1) is 10.1. The molecule has 5 heteroatoms. The third-order valence-electron chi connectivity index (χ3n) is 3.45. The molecule has 0 aliphatic carbocycles. The van der Waals surface area contributed by atoms with E-state index in [1.165, 1.54) is 5.56 Å². The Hall–Kier alpha value is -2.07. The Morgan fingerprint density at radius 1 is 1.23 bits per heavy atom. The third-order valence-corrected chi connectivity index (χ3v) is 3.45. The van der Waals surface area contributed by atoms with Gasteiger partial charge in [-0.2, -0.15) is 0 Å². The van der Waals surface area contributed by atoms with Gasteiger partial charge in [-0.3, -0.25) is 9.78 Å². The van der Waals surface area contributed by atoms with Gasteiger partial charge in [0.25, 0.3) is 0 Å². The second-order valence-electron chi connectivity index (χ2n) is 5.14. The first kappa shape index (κ1) is 18.0. The number of nitrogens with one attached hydrogen (secondary N) is 1. The van der Waals surface area contributed by atoms with Crippen molar-refractivity contribution in [1.29, 1.82) is 0 Å². The molecule has 0 saturated carbocycles. The maximum absolute atomic E-state index is 12.0. The van der Waals surface area contributed by atoms with Crippen LogP contribution in [-0.4, -0.2) is 10.9 Å². The Morgan fingerprint density at radius 2 is 1.91 bits per heavy atom. The van der Waals surface area contributed by atoms with Gasteiger partial charge in [-0.15, -0.1) is 12.4 Å². The molecule has 0 aliphatic rings. The molecule has 0 spiro atoms. The molecule has 4 nitrogen and oxygen atoms in total. The van der Waals surface area contributed by atoms with Crippen LogP contribution in [0, 0.1) is 0 Å². The minimum absolute atomic E-state index is 0. The molecule has 1 aromatic heterocycles. The number of nitrogens with zero attached hydrogens (tertiary/aromatic N) is 1. The molecule has 1 atom stereocenters. The number of nitrogen functional groups attached to an aromatic ring is 1. The van der Waals surface area contributed by atoms with Gasteiger partial charge in [0.15, 0.2) is 0 Å². The standard InChI is InChI=1S/C17H21N3O.ClH/c1-3-13-4-6-14(7-5-13)12(2)20-17(21)10-16-9-8-15(18)11-19-16;/h4-9,11-12H,3,10,18H2,1-2H3,(H,20,21);1H. The highest BCUT2D eigenvalue weighted by atomic mass is 35.5. The molecule has 3 N–H and O–H groups in total. The molecule has 1 unspecified atom stereocenters. The molecule has 1 heterocycles. The van der Waals surface area contributed by atoms with Crippen molar-refractivity contribution in [2.75, 3.05) is 5.73 Å². The Morgan fingerprint density at radius 3 is 2.45 bits per heavy atom. The van der Waals surface area contributed by atoms with Crippen molar-refractivity contribution >= 4 is 24.0 Å². The van der Waals surface area contributed by atoms with E-state index in [0.717, 1.165) is 17.7 Å². The molecule has 0 fully saturated rings. The number of nitrogens with two attached hydrogens (primary N) is 1. The average molecular weight is 320 g/mol. The number of rotatable bonds is 5. The van der Waals surface area contributed by atoms with E-state index >= 15 is 0 Å². The molecular formula is C17H22ClN3O. The normalized spacial score (nSPS) is 11.4. The number of pyridine rings is 1. The van der Waals surface area contributed by atoms with E-state index in [2.05, 4.69) is 41.5 Å². The Kier molecular flexibility index (Phi) is 6.86. The van der Waals surface area contributed by atoms with Gasteiger partial charge >= 0.3 is 0 Å². The van der Waals surface area contributed by atoms with Crippen LogP contribution in [0.5, 0.6) is 0 Å². The number of halogens is 1. The van der Waals surface area contributed by atoms with Crippen LogP contribution in [0.4, 0.5) is 5.69 Å². The third kappa shape index (κ3) is 5.04. The molecule has 0 bridgehead atoms. The zero-order valence-electron chi connectivity index (χ0n) is 12.9. The fraction of sp³-hybridized carbons (Fsp3) is 0.294. The lowest BCUT2D eigenvalue weighted by Crippen LogP contribution is -2.28. The number of anilines is 1. The van der Waals surface area contributed by atoms with Crippen LogP contribution >= 0.6 is 12.4 Å². The van der Waals surface area contributed by atoms with E-state index in [0.29, 0.717) is 5.69 Å². The van der Waals surface area contributed by atoms with Crippen molar-refractivity contribution in [2.45, 2.75) is 32.7 Å². The summed E-state index contributed by atoms with van der Waals surface area (Å²) >= 11 is 0. The number of benzene rings is 1. The van der Waals surface area contributed by atoms with Crippen molar-refractivity contribution in [2.24, 2.45) is 0 Å². The van der Waals surface area contributed by atoms with Crippen LogP contribution < -0.4 is 11.1 Å². The fourth-order valence-electron chi connectivity index (χ4n) is 2.12. The van der Waals surface area contributed by atoms with Crippen molar-refractivity contribution in [3.8, 4) is 0 Å². The van der Waals surface area contributed by atoms with Gasteiger partial charge in [0.05, 0.1) is 24.3 Å². The summed E-state index contributed by atoms with van der Waals surface area (Å²) in [6.07, 6.45) is 2.84. The van der Waals surface area contributed by atoms with E-state index in [1.807, 2.05) is 6.92 Å². The summed E-state index contributed by atoms with van der Waals surface area (Å²) in [6.45, 7) is 4.11. The molecular weight excluding hydrogens is 298 g/mol. The lowest BCUT2D eigenvalue weighted by molar-refractivity contribution is -0.121. The molecule has 1 amide bonds. The highest BCUT2D eigenvalue weighted by Gasteiger charge is 2.10. The number of aryl methyl sites for hydroxylation is 1. The first-order valence-electron chi connectivity index (χ1n) is 7.17. The maximum atomic E-state index is 12.0. The molecule has 118 valence electrons. The maximum Gasteiger partial charge on any atom is 0.226 e. The molecule has 2 aromatic rings. The van der Waals surface area contributed by atoms with Crippen molar-refractivity contribution < 1.29 is 4.79 Å². The lowest BCUT2D eigenvalue weighted by atomic mass is 10.0. The Labute approximate surface area is 137 Å². The quantitative estimate of drug-likeness (QED) is 0.890. The number of hydrogen-bond donors (Lipinski definition) is 2. The monoisotopic (exact) mass is 319 g/mol. The average Bonchev–Trinajstić information content (AvgIpc) is 2.49. The summed E-state index contributed by atoms with van der Waals surface area (Å²) in [5.74, 6) is -0.0423. The van der Waals surface area contributed by atoms with Crippen molar-refractivity contribution in [3.63, 3.8) is 0 Å². The summed E-state index contributed by atoms with van der Waals surface area (Å²) in [5, 5.41) is 2.99. The SMILES string of the molecule is CCc1ccc(C(C)NC(=O)Cc2ccc(N)cn2)cc1.Cl. The van der Waals surface area contributed by atoms with Gasteiger partial charge < -0.3 is 11.1 Å². The summed E-state index contributed by atoms with van der Waals surface area (Å²) in [7, 11) is 0. The number of amides is 1. The molecule has 22 heavy (non-hydrogen) atoms. The Balaban J connectivity index is 0.00000242. The second kappa shape index (κ2) is 8.39. The summed E-state index contributed by atoms with van der Waals surface area (Å²) < 4.78 is 0. The predicted molar refractivity (Wildman–Crippen MR) is 92.0 cm³/mol. The predicted octanol–water partition coefficient (Wildman–Crippen LogP) is 3.07. The van der Waals surface area contributed by atoms with E-state index < -0.39 is 0 Å². The van der Waals surface area contributed by atoms with Crippen LogP contribution in [0.3, 0.4) is 0 Å². The fourth-order valence-corrected chi connectivity index (χ4v) is 2.12. The van der Waals surface area contributed by atoms with Gasteiger partial charge in [-0.25, -0.2) is 0 Å². The highest BCUT2D eigenvalue weighted by Crippen LogP contribution is 2.14. The van der Waals surface area contributed by atoms with Crippen LogP contribution in [0.2, 0.25) is 0 Å². The molecule has 0 saturated heterocycles. The van der Waals surface area contributed by atoms with Crippen LogP contribution in [0.1, 0.15) is 36.7 Å². The van der Waals surface area contributed by atoms with Gasteiger partial charge in [0.2, 0.25) is 5.91 Å². The minimum atomic E-state index is -0.0423.